The molecule has 1 aromatic carbocycles. The van der Waals surface area contributed by atoms with E-state index in [1.807, 2.05) is 26.2 Å². The van der Waals surface area contributed by atoms with Gasteiger partial charge in [-0.05, 0) is 31.4 Å². The summed E-state index contributed by atoms with van der Waals surface area (Å²) in [6.45, 7) is 11.1. The van der Waals surface area contributed by atoms with Gasteiger partial charge in [0.25, 0.3) is 0 Å². The van der Waals surface area contributed by atoms with Crippen molar-refractivity contribution in [2.45, 2.75) is 53.3 Å². The van der Waals surface area contributed by atoms with E-state index in [0.29, 0.717) is 25.0 Å². The molecule has 1 unspecified atom stereocenters. The molecule has 0 bridgehead atoms. The van der Waals surface area contributed by atoms with Gasteiger partial charge in [-0.15, -0.1) is 24.0 Å². The van der Waals surface area contributed by atoms with Crippen LogP contribution < -0.4 is 15.4 Å². The van der Waals surface area contributed by atoms with Crippen LogP contribution in [-0.2, 0) is 13.1 Å². The Labute approximate surface area is 190 Å². The minimum atomic E-state index is -0.349. The number of ether oxygens (including phenoxy) is 1. The molecule has 1 heterocycles. The van der Waals surface area contributed by atoms with Crippen molar-refractivity contribution in [1.82, 2.24) is 20.2 Å². The van der Waals surface area contributed by atoms with E-state index in [-0.39, 0.29) is 41.6 Å². The van der Waals surface area contributed by atoms with E-state index >= 15 is 0 Å². The highest BCUT2D eigenvalue weighted by atomic mass is 127. The highest BCUT2D eigenvalue weighted by molar-refractivity contribution is 14.0. The monoisotopic (exact) mass is 517 g/mol. The van der Waals surface area contributed by atoms with E-state index in [9.17, 15) is 4.39 Å². The Hall–Kier alpha value is -1.84. The molecular weight excluding hydrogens is 484 g/mol. The third kappa shape index (κ3) is 8.59. The minimum Gasteiger partial charge on any atom is -0.486 e. The number of para-hydroxylation sites is 1. The van der Waals surface area contributed by atoms with Crippen LogP contribution in [0.2, 0.25) is 0 Å². The molecule has 0 fully saturated rings. The lowest BCUT2D eigenvalue weighted by molar-refractivity contribution is 0.191. The molecule has 0 spiro atoms. The molecule has 0 aliphatic carbocycles. The van der Waals surface area contributed by atoms with Crippen LogP contribution in [0, 0.1) is 11.7 Å². The third-order valence-corrected chi connectivity index (χ3v) is 4.17. The van der Waals surface area contributed by atoms with Crippen molar-refractivity contribution < 1.29 is 9.13 Å². The number of hydrogen-bond acceptors (Lipinski definition) is 3. The first kappa shape index (κ1) is 25.2. The quantitative estimate of drug-likeness (QED) is 0.282. The summed E-state index contributed by atoms with van der Waals surface area (Å²) in [4.78, 5) is 9.05. The Kier molecular flexibility index (Phi) is 11.6. The number of benzene rings is 1. The average molecular weight is 517 g/mol. The summed E-state index contributed by atoms with van der Waals surface area (Å²) in [5.41, 5.74) is 0. The van der Waals surface area contributed by atoms with Gasteiger partial charge in [0.15, 0.2) is 17.5 Å². The second kappa shape index (κ2) is 13.4. The molecule has 0 saturated carbocycles. The summed E-state index contributed by atoms with van der Waals surface area (Å²) in [6, 6.07) is 6.47. The number of aromatic nitrogens is 2. The van der Waals surface area contributed by atoms with Gasteiger partial charge in [0.1, 0.15) is 18.5 Å². The Morgan fingerprint density at radius 1 is 1.24 bits per heavy atom. The van der Waals surface area contributed by atoms with Crippen molar-refractivity contribution in [3.8, 4) is 5.75 Å². The molecule has 1 atom stereocenters. The normalized spacial score (nSPS) is 12.4. The van der Waals surface area contributed by atoms with Crippen molar-refractivity contribution in [3.05, 3.63) is 48.3 Å². The van der Waals surface area contributed by atoms with Crippen molar-refractivity contribution in [1.29, 1.82) is 0 Å². The fourth-order valence-electron chi connectivity index (χ4n) is 2.74. The molecule has 0 aliphatic rings. The number of guanidine groups is 1. The topological polar surface area (TPSA) is 63.5 Å². The maximum Gasteiger partial charge on any atom is 0.191 e. The molecule has 0 saturated heterocycles. The zero-order chi connectivity index (χ0) is 20.4. The van der Waals surface area contributed by atoms with Crippen molar-refractivity contribution in [3.63, 3.8) is 0 Å². The van der Waals surface area contributed by atoms with Gasteiger partial charge < -0.3 is 19.9 Å². The van der Waals surface area contributed by atoms with Crippen LogP contribution in [0.15, 0.2) is 41.7 Å². The highest BCUT2D eigenvalue weighted by Crippen LogP contribution is 2.17. The minimum absolute atomic E-state index is 0. The molecule has 162 valence electrons. The number of rotatable bonds is 10. The zero-order valence-electron chi connectivity index (χ0n) is 17.7. The molecule has 2 N–H and O–H groups in total. The Morgan fingerprint density at radius 2 is 2.00 bits per heavy atom. The molecule has 29 heavy (non-hydrogen) atoms. The van der Waals surface area contributed by atoms with Gasteiger partial charge in [-0.3, -0.25) is 0 Å². The zero-order valence-corrected chi connectivity index (χ0v) is 20.0. The fraction of sp³-hybridized carbons (Fsp3) is 0.524. The first-order valence-corrected chi connectivity index (χ1v) is 9.96. The number of imidazole rings is 1. The van der Waals surface area contributed by atoms with E-state index in [1.54, 1.807) is 18.2 Å². The Bertz CT molecular complexity index is 750. The number of nitrogens with zero attached hydrogens (tertiary/aromatic N) is 3. The second-order valence-electron chi connectivity index (χ2n) is 7.04. The summed E-state index contributed by atoms with van der Waals surface area (Å²) in [5.74, 6) is 2.09. The van der Waals surface area contributed by atoms with Gasteiger partial charge in [-0.2, -0.15) is 0 Å². The number of nitrogens with one attached hydrogen (secondary N) is 2. The molecule has 6 nitrogen and oxygen atoms in total. The van der Waals surface area contributed by atoms with Crippen molar-refractivity contribution >= 4 is 29.9 Å². The first-order valence-electron chi connectivity index (χ1n) is 9.96. The summed E-state index contributed by atoms with van der Waals surface area (Å²) in [7, 11) is 0. The SMILES string of the molecule is CCNC(=NCc1nccn1CC(C)C)NCC(CC)Oc1ccccc1F.I. The van der Waals surface area contributed by atoms with Crippen molar-refractivity contribution in [2.75, 3.05) is 13.1 Å². The van der Waals surface area contributed by atoms with Crippen LogP contribution in [-0.4, -0.2) is 34.7 Å². The summed E-state index contributed by atoms with van der Waals surface area (Å²) in [6.07, 6.45) is 4.38. The predicted molar refractivity (Wildman–Crippen MR) is 126 cm³/mol. The summed E-state index contributed by atoms with van der Waals surface area (Å²) >= 11 is 0. The van der Waals surface area contributed by atoms with E-state index in [1.165, 1.54) is 6.07 Å². The highest BCUT2D eigenvalue weighted by Gasteiger charge is 2.12. The molecule has 2 aromatic rings. The fourth-order valence-corrected chi connectivity index (χ4v) is 2.74. The molecule has 1 aromatic heterocycles. The van der Waals surface area contributed by atoms with E-state index in [0.717, 1.165) is 25.3 Å². The number of hydrogen-bond donors (Lipinski definition) is 2. The van der Waals surface area contributed by atoms with Gasteiger partial charge >= 0.3 is 0 Å². The largest absolute Gasteiger partial charge is 0.486 e. The smallest absolute Gasteiger partial charge is 0.191 e. The second-order valence-corrected chi connectivity index (χ2v) is 7.04. The molecule has 0 aliphatic heterocycles. The van der Waals surface area contributed by atoms with Gasteiger partial charge in [0.2, 0.25) is 0 Å². The average Bonchev–Trinajstić information content (AvgIpc) is 3.10. The lowest BCUT2D eigenvalue weighted by Crippen LogP contribution is -2.42. The maximum absolute atomic E-state index is 13.8. The lowest BCUT2D eigenvalue weighted by atomic mass is 10.2. The van der Waals surface area contributed by atoms with Crippen LogP contribution in [0.4, 0.5) is 4.39 Å². The van der Waals surface area contributed by atoms with Gasteiger partial charge in [-0.1, -0.05) is 32.9 Å². The molecular formula is C21H33FIN5O. The number of aliphatic imine (C=N–C) groups is 1. The van der Waals surface area contributed by atoms with Gasteiger partial charge in [0.05, 0.1) is 6.54 Å². The summed E-state index contributed by atoms with van der Waals surface area (Å²) < 4.78 is 21.8. The van der Waals surface area contributed by atoms with Crippen molar-refractivity contribution in [2.24, 2.45) is 10.9 Å². The molecule has 2 rings (SSSR count). The van der Waals surface area contributed by atoms with Crippen LogP contribution in [0.25, 0.3) is 0 Å². The van der Waals surface area contributed by atoms with Crippen LogP contribution >= 0.6 is 24.0 Å². The standard InChI is InChI=1S/C21H32FN5O.HI/c1-5-17(28-19-10-8-7-9-18(19)22)13-25-21(23-6-2)26-14-20-24-11-12-27(20)15-16(3)4;/h7-12,16-17H,5-6,13-15H2,1-4H3,(H2,23,25,26);1H. The molecule has 0 radical (unpaired) electrons. The third-order valence-electron chi connectivity index (χ3n) is 4.17. The van der Waals surface area contributed by atoms with Crippen LogP contribution in [0.1, 0.15) is 39.9 Å². The van der Waals surface area contributed by atoms with E-state index < -0.39 is 0 Å². The predicted octanol–water partition coefficient (Wildman–Crippen LogP) is 4.21. The summed E-state index contributed by atoms with van der Waals surface area (Å²) in [5, 5.41) is 6.52. The van der Waals surface area contributed by atoms with Crippen LogP contribution in [0.3, 0.4) is 0 Å². The van der Waals surface area contributed by atoms with E-state index in [4.69, 9.17) is 4.74 Å². The lowest BCUT2D eigenvalue weighted by Gasteiger charge is -2.20. The van der Waals surface area contributed by atoms with Crippen LogP contribution in [0.5, 0.6) is 5.75 Å². The maximum atomic E-state index is 13.8. The van der Waals surface area contributed by atoms with E-state index in [2.05, 4.69) is 39.0 Å². The Morgan fingerprint density at radius 3 is 2.66 bits per heavy atom. The molecule has 0 amide bonds. The first-order chi connectivity index (χ1) is 13.5. The Balaban J connectivity index is 0.00000420. The molecule has 8 heteroatoms. The van der Waals surface area contributed by atoms with Gasteiger partial charge in [0, 0.05) is 25.5 Å². The van der Waals surface area contributed by atoms with Gasteiger partial charge in [-0.25, -0.2) is 14.4 Å². The number of halogens is 2.